The summed E-state index contributed by atoms with van der Waals surface area (Å²) < 4.78 is 41.7. The first-order valence-electron chi connectivity index (χ1n) is 12.6. The average Bonchev–Trinajstić information content (AvgIpc) is 3.68. The molecule has 4 aromatic carbocycles. The van der Waals surface area contributed by atoms with Gasteiger partial charge in [-0.15, -0.1) is 36.2 Å². The molecule has 0 aliphatic carbocycles. The minimum Gasteiger partial charge on any atom is -0.512 e. The van der Waals surface area contributed by atoms with Crippen LogP contribution in [0.1, 0.15) is 5.56 Å². The van der Waals surface area contributed by atoms with Crippen molar-refractivity contribution in [3.05, 3.63) is 147 Å². The minimum atomic E-state index is -4.50. The molecule has 0 radical (unpaired) electrons. The summed E-state index contributed by atoms with van der Waals surface area (Å²) in [4.78, 5) is 7.00. The Bertz CT molecular complexity index is 1530. The molecule has 212 valence electrons. The van der Waals surface area contributed by atoms with E-state index in [0.717, 1.165) is 40.1 Å². The van der Waals surface area contributed by atoms with E-state index in [1.807, 2.05) is 60.6 Å². The fraction of sp³-hybridized carbons (Fsp3) is 0.0606. The van der Waals surface area contributed by atoms with Gasteiger partial charge < -0.3 is 31.4 Å². The summed E-state index contributed by atoms with van der Waals surface area (Å²) in [6, 6.07) is 31.6. The van der Waals surface area contributed by atoms with Crippen molar-refractivity contribution >= 4 is 17.1 Å². The number of para-hydroxylation sites is 1. The van der Waals surface area contributed by atoms with Gasteiger partial charge >= 0.3 is 27.2 Å². The first-order chi connectivity index (χ1) is 19.9. The number of halogens is 3. The van der Waals surface area contributed by atoms with E-state index >= 15 is 0 Å². The van der Waals surface area contributed by atoms with Crippen molar-refractivity contribution in [1.82, 2.24) is 4.90 Å². The molecule has 0 saturated heterocycles. The second-order valence-electron chi connectivity index (χ2n) is 9.29. The fourth-order valence-corrected chi connectivity index (χ4v) is 4.73. The third-order valence-corrected chi connectivity index (χ3v) is 6.59. The van der Waals surface area contributed by atoms with Crippen LogP contribution >= 0.6 is 0 Å². The topological polar surface area (TPSA) is 36.8 Å². The Morgan fingerprint density at radius 3 is 1.62 bits per heavy atom. The van der Waals surface area contributed by atoms with Gasteiger partial charge in [0.15, 0.2) is 0 Å². The Hall–Kier alpha value is -4.47. The standard InChI is InChI=1S/C32H24F3N4.CN.Pt/c1-36-15-16-37(22-36)27-19-26(32(33,34)35)20-28(21-27)38-17-18-39(23-38)31-29(24-9-4-2-5-10-24)13-8-14-30(31)25-11-6-3-7-12-25;1-2;/h2-20,22-23H,1H3;;/q-3;-1;+4. The molecule has 0 spiro atoms. The summed E-state index contributed by atoms with van der Waals surface area (Å²) in [5.41, 5.74) is 4.87. The summed E-state index contributed by atoms with van der Waals surface area (Å²) in [7, 11) is 1.81. The zero-order chi connectivity index (χ0) is 29.0. The smallest absolute Gasteiger partial charge is 0.512 e. The van der Waals surface area contributed by atoms with Crippen LogP contribution in [0.5, 0.6) is 0 Å². The summed E-state index contributed by atoms with van der Waals surface area (Å²) in [5.74, 6) is 0. The van der Waals surface area contributed by atoms with Crippen molar-refractivity contribution in [2.45, 2.75) is 6.18 Å². The molecule has 2 heterocycles. The van der Waals surface area contributed by atoms with E-state index in [-0.39, 0.29) is 26.8 Å². The second-order valence-corrected chi connectivity index (χ2v) is 9.29. The van der Waals surface area contributed by atoms with Gasteiger partial charge in [0.25, 0.3) is 0 Å². The molecule has 0 N–H and O–H groups in total. The molecular formula is C33H24F3N5Pt. The van der Waals surface area contributed by atoms with Gasteiger partial charge in [-0.1, -0.05) is 84.4 Å². The number of hydrogen-bond acceptors (Lipinski definition) is 5. The summed E-state index contributed by atoms with van der Waals surface area (Å²) >= 11 is 0. The van der Waals surface area contributed by atoms with E-state index < -0.39 is 11.7 Å². The normalized spacial score (nSPS) is 14.0. The number of nitrogens with zero attached hydrogens (tertiary/aromatic N) is 5. The Kier molecular flexibility index (Phi) is 9.44. The Balaban J connectivity index is 0.00000132. The predicted molar refractivity (Wildman–Crippen MR) is 155 cm³/mol. The van der Waals surface area contributed by atoms with Crippen LogP contribution in [0.25, 0.3) is 22.3 Å². The van der Waals surface area contributed by atoms with Gasteiger partial charge in [-0.3, -0.25) is 0 Å². The van der Waals surface area contributed by atoms with E-state index in [0.29, 0.717) is 5.69 Å². The van der Waals surface area contributed by atoms with Crippen LogP contribution < -0.4 is 14.7 Å². The van der Waals surface area contributed by atoms with Gasteiger partial charge in [-0.2, -0.15) is 19.8 Å². The molecule has 5 nitrogen and oxygen atoms in total. The number of benzene rings is 4. The van der Waals surface area contributed by atoms with E-state index in [2.05, 4.69) is 42.5 Å². The summed E-state index contributed by atoms with van der Waals surface area (Å²) in [5, 5.41) is 6.25. The van der Waals surface area contributed by atoms with Crippen LogP contribution in [0.3, 0.4) is 0 Å². The van der Waals surface area contributed by atoms with Crippen molar-refractivity contribution in [3.63, 3.8) is 0 Å². The van der Waals surface area contributed by atoms with Crippen LogP contribution in [-0.4, -0.2) is 11.9 Å². The molecule has 2 aliphatic heterocycles. The number of anilines is 3. The molecule has 0 atom stereocenters. The first-order valence-corrected chi connectivity index (χ1v) is 12.6. The maximum absolute atomic E-state index is 13.9. The van der Waals surface area contributed by atoms with Crippen LogP contribution in [0.2, 0.25) is 0 Å². The van der Waals surface area contributed by atoms with Crippen molar-refractivity contribution in [2.24, 2.45) is 0 Å². The van der Waals surface area contributed by atoms with Gasteiger partial charge in [0.1, 0.15) is 0 Å². The Morgan fingerprint density at radius 2 is 1.14 bits per heavy atom. The molecule has 0 aromatic heterocycles. The average molecular weight is 743 g/mol. The molecule has 0 saturated carbocycles. The molecule has 0 bridgehead atoms. The monoisotopic (exact) mass is 742 g/mol. The van der Waals surface area contributed by atoms with Crippen LogP contribution in [-0.2, 0) is 27.2 Å². The predicted octanol–water partition coefficient (Wildman–Crippen LogP) is 8.19. The van der Waals surface area contributed by atoms with Crippen LogP contribution in [0.4, 0.5) is 30.2 Å². The van der Waals surface area contributed by atoms with Crippen LogP contribution in [0.15, 0.2) is 116 Å². The third kappa shape index (κ3) is 6.37. The first kappa shape index (κ1) is 30.5. The van der Waals surface area contributed by atoms with E-state index in [4.69, 9.17) is 11.8 Å². The molecule has 0 fully saturated rings. The van der Waals surface area contributed by atoms with E-state index in [9.17, 15) is 13.2 Å². The SMILES string of the molecule is CN1C=CN(c2[c-]c(N3C=CN(c4c(-c5ccccc5)cccc4-c4ccccc4)[CH-]3)cc(C(F)(F)F)c2)[CH-]1.[C-]#N.[Pt+4]. The van der Waals surface area contributed by atoms with Gasteiger partial charge in [0.05, 0.1) is 0 Å². The van der Waals surface area contributed by atoms with Crippen molar-refractivity contribution in [2.75, 3.05) is 21.7 Å². The van der Waals surface area contributed by atoms with E-state index in [1.54, 1.807) is 46.6 Å². The molecule has 6 rings (SSSR count). The maximum atomic E-state index is 13.9. The van der Waals surface area contributed by atoms with Gasteiger partial charge in [0.2, 0.25) is 0 Å². The number of alkyl halides is 3. The largest absolute Gasteiger partial charge is 4.00 e. The minimum absolute atomic E-state index is 0. The number of hydrogen-bond donors (Lipinski definition) is 0. The van der Waals surface area contributed by atoms with Crippen LogP contribution in [0, 0.1) is 31.2 Å². The van der Waals surface area contributed by atoms with Gasteiger partial charge in [-0.05, 0) is 43.0 Å². The zero-order valence-corrected chi connectivity index (χ0v) is 24.6. The molecular weight excluding hydrogens is 718 g/mol. The number of rotatable bonds is 5. The zero-order valence-electron chi connectivity index (χ0n) is 22.3. The fourth-order valence-electron chi connectivity index (χ4n) is 4.73. The third-order valence-electron chi connectivity index (χ3n) is 6.59. The van der Waals surface area contributed by atoms with Gasteiger partial charge in [-0.25, -0.2) is 0 Å². The molecule has 0 amide bonds. The molecule has 2 aliphatic rings. The summed E-state index contributed by atoms with van der Waals surface area (Å²) in [6.07, 6.45) is 2.58. The van der Waals surface area contributed by atoms with Crippen molar-refractivity contribution < 1.29 is 34.2 Å². The molecule has 4 aromatic rings. The van der Waals surface area contributed by atoms with Crippen molar-refractivity contribution in [3.8, 4) is 22.3 Å². The molecule has 0 unspecified atom stereocenters. The second kappa shape index (κ2) is 13.0. The Morgan fingerprint density at radius 1 is 0.667 bits per heavy atom. The van der Waals surface area contributed by atoms with Crippen molar-refractivity contribution in [1.29, 1.82) is 5.26 Å². The summed E-state index contributed by atoms with van der Waals surface area (Å²) in [6.45, 7) is 8.24. The molecule has 42 heavy (non-hydrogen) atoms. The van der Waals surface area contributed by atoms with Gasteiger partial charge in [0, 0.05) is 16.8 Å². The quantitative estimate of drug-likeness (QED) is 0.193. The Labute approximate surface area is 258 Å². The maximum Gasteiger partial charge on any atom is 4.00 e. The molecule has 9 heteroatoms. The van der Waals surface area contributed by atoms with E-state index in [1.165, 1.54) is 0 Å².